The lowest BCUT2D eigenvalue weighted by molar-refractivity contribution is -0.142. The lowest BCUT2D eigenvalue weighted by Crippen LogP contribution is -2.42. The first kappa shape index (κ1) is 23.5. The number of amides is 1. The number of likely N-dealkylation sites (N-methyl/N-ethyl adjacent to an activating group) is 1. The van der Waals surface area contributed by atoms with Gasteiger partial charge in [-0.05, 0) is 25.0 Å². The van der Waals surface area contributed by atoms with Crippen molar-refractivity contribution in [3.8, 4) is 5.75 Å². The largest absolute Gasteiger partial charge is 0.490 e. The number of benzene rings is 1. The SMILES string of the molecule is CN(CC(O)COc1ccccc1C(F)(F)F)C(=O)[C@@H]1CC[C@H](CN)O1.Cl. The van der Waals surface area contributed by atoms with Crippen molar-refractivity contribution < 1.29 is 32.5 Å². The fourth-order valence-electron chi connectivity index (χ4n) is 2.78. The molecule has 0 radical (unpaired) electrons. The summed E-state index contributed by atoms with van der Waals surface area (Å²) in [4.78, 5) is 13.5. The molecule has 0 saturated carbocycles. The van der Waals surface area contributed by atoms with Crippen molar-refractivity contribution >= 4 is 18.3 Å². The highest BCUT2D eigenvalue weighted by Crippen LogP contribution is 2.35. The molecule has 1 fully saturated rings. The van der Waals surface area contributed by atoms with Crippen molar-refractivity contribution in [3.63, 3.8) is 0 Å². The summed E-state index contributed by atoms with van der Waals surface area (Å²) in [7, 11) is 1.49. The van der Waals surface area contributed by atoms with Crippen molar-refractivity contribution in [2.24, 2.45) is 5.73 Å². The Labute approximate surface area is 161 Å². The molecule has 0 aromatic heterocycles. The molecule has 0 bridgehead atoms. The molecule has 1 unspecified atom stereocenters. The van der Waals surface area contributed by atoms with Crippen molar-refractivity contribution in [2.75, 3.05) is 26.7 Å². The standard InChI is InChI=1S/C17H23F3N2O4.ClH/c1-22(16(24)15-7-6-12(8-21)26-15)9-11(23)10-25-14-5-3-2-4-13(14)17(18,19)20;/h2-5,11-12,15,23H,6-10,21H2,1H3;1H/t11?,12-,15+;/m1./s1. The molecule has 2 rings (SSSR count). The van der Waals surface area contributed by atoms with Crippen LogP contribution in [0.4, 0.5) is 13.2 Å². The Morgan fingerprint density at radius 2 is 2.07 bits per heavy atom. The monoisotopic (exact) mass is 412 g/mol. The highest BCUT2D eigenvalue weighted by atomic mass is 35.5. The molecule has 0 aliphatic carbocycles. The second-order valence-corrected chi connectivity index (χ2v) is 6.24. The number of aliphatic hydroxyl groups excluding tert-OH is 1. The van der Waals surface area contributed by atoms with Gasteiger partial charge in [0.15, 0.2) is 0 Å². The predicted octanol–water partition coefficient (Wildman–Crippen LogP) is 1.83. The number of ether oxygens (including phenoxy) is 2. The highest BCUT2D eigenvalue weighted by molar-refractivity contribution is 5.85. The van der Waals surface area contributed by atoms with Gasteiger partial charge < -0.3 is 25.2 Å². The van der Waals surface area contributed by atoms with Gasteiger partial charge in [0.05, 0.1) is 11.7 Å². The molecule has 154 valence electrons. The van der Waals surface area contributed by atoms with Crippen LogP contribution in [0.5, 0.6) is 5.75 Å². The molecular formula is C17H24ClF3N2O4. The van der Waals surface area contributed by atoms with Crippen LogP contribution in [0, 0.1) is 0 Å². The number of para-hydroxylation sites is 1. The van der Waals surface area contributed by atoms with E-state index in [-0.39, 0.29) is 43.3 Å². The van der Waals surface area contributed by atoms with E-state index in [1.54, 1.807) is 0 Å². The second kappa shape index (κ2) is 10.1. The van der Waals surface area contributed by atoms with Gasteiger partial charge in [0.2, 0.25) is 0 Å². The number of nitrogens with zero attached hydrogens (tertiary/aromatic N) is 1. The zero-order valence-electron chi connectivity index (χ0n) is 14.8. The lowest BCUT2D eigenvalue weighted by Gasteiger charge is -2.24. The third kappa shape index (κ3) is 6.53. The predicted molar refractivity (Wildman–Crippen MR) is 94.8 cm³/mol. The molecule has 10 heteroatoms. The molecule has 6 nitrogen and oxygen atoms in total. The molecule has 1 amide bonds. The van der Waals surface area contributed by atoms with Gasteiger partial charge in [-0.25, -0.2) is 0 Å². The molecule has 27 heavy (non-hydrogen) atoms. The number of alkyl halides is 3. The molecular weight excluding hydrogens is 389 g/mol. The summed E-state index contributed by atoms with van der Waals surface area (Å²) >= 11 is 0. The van der Waals surface area contributed by atoms with E-state index >= 15 is 0 Å². The first-order valence-electron chi connectivity index (χ1n) is 8.30. The molecule has 1 aromatic carbocycles. The molecule has 0 spiro atoms. The van der Waals surface area contributed by atoms with E-state index in [1.165, 1.54) is 30.1 Å². The second-order valence-electron chi connectivity index (χ2n) is 6.24. The van der Waals surface area contributed by atoms with Gasteiger partial charge >= 0.3 is 6.18 Å². The Kier molecular flexibility index (Phi) is 8.80. The van der Waals surface area contributed by atoms with Crippen LogP contribution in [0.25, 0.3) is 0 Å². The number of nitrogens with two attached hydrogens (primary N) is 1. The number of hydrogen-bond donors (Lipinski definition) is 2. The fraction of sp³-hybridized carbons (Fsp3) is 0.588. The number of hydrogen-bond acceptors (Lipinski definition) is 5. The zero-order valence-corrected chi connectivity index (χ0v) is 15.6. The van der Waals surface area contributed by atoms with Gasteiger partial charge in [-0.15, -0.1) is 12.4 Å². The van der Waals surface area contributed by atoms with Crippen molar-refractivity contribution in [3.05, 3.63) is 29.8 Å². The average molecular weight is 413 g/mol. The zero-order chi connectivity index (χ0) is 19.3. The van der Waals surface area contributed by atoms with Crippen LogP contribution in [0.2, 0.25) is 0 Å². The van der Waals surface area contributed by atoms with Gasteiger partial charge in [-0.3, -0.25) is 4.79 Å². The van der Waals surface area contributed by atoms with Crippen LogP contribution in [0.3, 0.4) is 0 Å². The summed E-state index contributed by atoms with van der Waals surface area (Å²) in [5.41, 5.74) is 4.59. The lowest BCUT2D eigenvalue weighted by atomic mass is 10.2. The third-order valence-corrected chi connectivity index (χ3v) is 4.13. The van der Waals surface area contributed by atoms with Gasteiger partial charge in [0.25, 0.3) is 5.91 Å². The Morgan fingerprint density at radius 3 is 2.67 bits per heavy atom. The Hall–Kier alpha value is -1.55. The minimum absolute atomic E-state index is 0. The Bertz CT molecular complexity index is 618. The Morgan fingerprint density at radius 1 is 1.41 bits per heavy atom. The summed E-state index contributed by atoms with van der Waals surface area (Å²) in [6, 6.07) is 4.76. The number of halogens is 4. The van der Waals surface area contributed by atoms with Crippen LogP contribution >= 0.6 is 12.4 Å². The molecule has 1 heterocycles. The summed E-state index contributed by atoms with van der Waals surface area (Å²) < 4.78 is 49.3. The molecule has 1 aliphatic rings. The van der Waals surface area contributed by atoms with E-state index in [0.29, 0.717) is 19.4 Å². The van der Waals surface area contributed by atoms with Gasteiger partial charge in [0.1, 0.15) is 24.6 Å². The molecule has 1 saturated heterocycles. The van der Waals surface area contributed by atoms with Crippen LogP contribution in [0.1, 0.15) is 18.4 Å². The van der Waals surface area contributed by atoms with E-state index in [9.17, 15) is 23.1 Å². The van der Waals surface area contributed by atoms with Crippen molar-refractivity contribution in [1.29, 1.82) is 0 Å². The quantitative estimate of drug-likeness (QED) is 0.713. The smallest absolute Gasteiger partial charge is 0.419 e. The van der Waals surface area contributed by atoms with E-state index in [2.05, 4.69) is 0 Å². The van der Waals surface area contributed by atoms with Crippen molar-refractivity contribution in [2.45, 2.75) is 37.3 Å². The van der Waals surface area contributed by atoms with E-state index in [1.807, 2.05) is 0 Å². The van der Waals surface area contributed by atoms with E-state index in [4.69, 9.17) is 15.2 Å². The number of aliphatic hydroxyl groups is 1. The minimum Gasteiger partial charge on any atom is -0.490 e. The summed E-state index contributed by atoms with van der Waals surface area (Å²) in [5.74, 6) is -0.659. The molecule has 1 aromatic rings. The minimum atomic E-state index is -4.55. The number of rotatable bonds is 7. The van der Waals surface area contributed by atoms with Gasteiger partial charge in [0, 0.05) is 20.1 Å². The van der Waals surface area contributed by atoms with Crippen molar-refractivity contribution in [1.82, 2.24) is 4.90 Å². The normalized spacial score (nSPS) is 20.7. The highest BCUT2D eigenvalue weighted by Gasteiger charge is 2.34. The number of carbonyl (C=O) groups is 1. The van der Waals surface area contributed by atoms with Crippen LogP contribution in [-0.2, 0) is 15.7 Å². The van der Waals surface area contributed by atoms with Gasteiger partial charge in [-0.1, -0.05) is 12.1 Å². The summed E-state index contributed by atoms with van der Waals surface area (Å²) in [6.45, 7) is -0.121. The summed E-state index contributed by atoms with van der Waals surface area (Å²) in [5, 5.41) is 10.0. The van der Waals surface area contributed by atoms with E-state index in [0.717, 1.165) is 6.07 Å². The van der Waals surface area contributed by atoms with Gasteiger partial charge in [-0.2, -0.15) is 13.2 Å². The average Bonchev–Trinajstić information content (AvgIpc) is 3.07. The first-order chi connectivity index (χ1) is 12.2. The topological polar surface area (TPSA) is 85.0 Å². The number of carbonyl (C=O) groups excluding carboxylic acids is 1. The maximum Gasteiger partial charge on any atom is 0.419 e. The van der Waals surface area contributed by atoms with Crippen LogP contribution in [0.15, 0.2) is 24.3 Å². The van der Waals surface area contributed by atoms with Crippen LogP contribution < -0.4 is 10.5 Å². The Balaban J connectivity index is 0.00000364. The maximum atomic E-state index is 12.9. The summed E-state index contributed by atoms with van der Waals surface area (Å²) in [6.07, 6.45) is -5.20. The molecule has 3 N–H and O–H groups in total. The molecule has 3 atom stereocenters. The fourth-order valence-corrected chi connectivity index (χ4v) is 2.78. The molecule has 1 aliphatic heterocycles. The third-order valence-electron chi connectivity index (χ3n) is 4.13. The first-order valence-corrected chi connectivity index (χ1v) is 8.30. The van der Waals surface area contributed by atoms with E-state index < -0.39 is 23.9 Å². The van der Waals surface area contributed by atoms with Crippen LogP contribution in [-0.4, -0.2) is 61.0 Å². The maximum absolute atomic E-state index is 12.9.